The summed E-state index contributed by atoms with van der Waals surface area (Å²) in [5, 5.41) is 2.78. The number of aromatic nitrogens is 3. The Hall–Kier alpha value is -3.43. The smallest absolute Gasteiger partial charge is 0.269 e. The predicted molar refractivity (Wildman–Crippen MR) is 143 cm³/mol. The molecule has 0 aliphatic carbocycles. The maximum atomic E-state index is 12.7. The van der Waals surface area contributed by atoms with Crippen LogP contribution in [0, 0.1) is 15.4 Å². The second-order valence-electron chi connectivity index (χ2n) is 8.20. The van der Waals surface area contributed by atoms with Crippen LogP contribution < -0.4 is 16.9 Å². The summed E-state index contributed by atoms with van der Waals surface area (Å²) in [6, 6.07) is 10.4. The molecule has 3 heterocycles. The third-order valence-corrected chi connectivity index (χ3v) is 6.60. The molecule has 0 unspecified atom stereocenters. The first-order chi connectivity index (χ1) is 16.9. The Morgan fingerprint density at radius 3 is 2.69 bits per heavy atom. The molecule has 4 rings (SSSR count). The Morgan fingerprint density at radius 2 is 2.00 bits per heavy atom. The van der Waals surface area contributed by atoms with Crippen molar-refractivity contribution in [1.29, 1.82) is 0 Å². The molecule has 0 spiro atoms. The summed E-state index contributed by atoms with van der Waals surface area (Å²) < 4.78 is 2.28. The van der Waals surface area contributed by atoms with E-state index in [0.29, 0.717) is 35.0 Å². The number of nitrogens with zero attached hydrogens (tertiary/aromatic N) is 4. The van der Waals surface area contributed by atoms with Crippen LogP contribution >= 0.6 is 22.6 Å². The Kier molecular flexibility index (Phi) is 7.67. The summed E-state index contributed by atoms with van der Waals surface area (Å²) >= 11 is 2.16. The minimum absolute atomic E-state index is 0.0623. The number of pyridine rings is 1. The molecule has 0 radical (unpaired) electrons. The van der Waals surface area contributed by atoms with Gasteiger partial charge < -0.3 is 16.9 Å². The average Bonchev–Trinajstić information content (AvgIpc) is 3.20. The van der Waals surface area contributed by atoms with Crippen molar-refractivity contribution in [2.45, 2.75) is 32.2 Å². The number of carbonyl (C=O) groups excluding carboxylic acids is 2. The lowest BCUT2D eigenvalue weighted by Gasteiger charge is -2.33. The quantitative estimate of drug-likeness (QED) is 0.232. The number of hydrogen-bond donors (Lipinski definition) is 3. The van der Waals surface area contributed by atoms with Gasteiger partial charge in [-0.15, -0.1) is 5.92 Å². The minimum Gasteiger partial charge on any atom is -0.364 e. The lowest BCUT2D eigenvalue weighted by Crippen LogP contribution is -2.37. The molecule has 1 fully saturated rings. The Balaban J connectivity index is 1.63. The largest absolute Gasteiger partial charge is 0.364 e. The van der Waals surface area contributed by atoms with Crippen molar-refractivity contribution in [3.05, 3.63) is 63.2 Å². The predicted octanol–water partition coefficient (Wildman–Crippen LogP) is 3.17. The van der Waals surface area contributed by atoms with Crippen LogP contribution in [-0.4, -0.2) is 44.4 Å². The van der Waals surface area contributed by atoms with E-state index in [9.17, 15) is 9.59 Å². The van der Waals surface area contributed by atoms with E-state index < -0.39 is 5.91 Å². The van der Waals surface area contributed by atoms with Gasteiger partial charge in [0.1, 0.15) is 17.3 Å². The van der Waals surface area contributed by atoms with E-state index in [1.165, 1.54) is 4.68 Å². The van der Waals surface area contributed by atoms with Crippen LogP contribution in [0.15, 0.2) is 42.6 Å². The molecule has 5 N–H and O–H groups in total. The zero-order valence-electron chi connectivity index (χ0n) is 19.3. The lowest BCUT2D eigenvalue weighted by molar-refractivity contribution is 0.0990. The average molecular weight is 583 g/mol. The van der Waals surface area contributed by atoms with Gasteiger partial charge in [-0.05, 0) is 73.2 Å². The van der Waals surface area contributed by atoms with Crippen LogP contribution in [0.4, 0.5) is 5.82 Å². The van der Waals surface area contributed by atoms with Gasteiger partial charge in [-0.2, -0.15) is 0 Å². The SMILES string of the molecule is CC#CCN1CCCC[C@H]1c1nc(-c2ccc(C(=O)Nc3cc(I)ccn3)cc2)c(C(N)=O)n1N. The van der Waals surface area contributed by atoms with Crippen molar-refractivity contribution in [3.8, 4) is 23.1 Å². The molecule has 10 heteroatoms. The van der Waals surface area contributed by atoms with Gasteiger partial charge in [0.25, 0.3) is 11.8 Å². The zero-order valence-corrected chi connectivity index (χ0v) is 21.4. The van der Waals surface area contributed by atoms with Crippen LogP contribution in [0.3, 0.4) is 0 Å². The zero-order chi connectivity index (χ0) is 24.9. The summed E-state index contributed by atoms with van der Waals surface area (Å²) in [6.45, 7) is 3.30. The fraction of sp³-hybridized carbons (Fsp3) is 0.280. The molecule has 1 aromatic carbocycles. The van der Waals surface area contributed by atoms with E-state index >= 15 is 0 Å². The normalized spacial score (nSPS) is 15.8. The highest BCUT2D eigenvalue weighted by Crippen LogP contribution is 2.33. The minimum atomic E-state index is -0.663. The molecule has 1 aliphatic heterocycles. The molecule has 1 aliphatic rings. The topological polar surface area (TPSA) is 132 Å². The maximum absolute atomic E-state index is 12.7. The number of imidazole rings is 1. The van der Waals surface area contributed by atoms with E-state index in [-0.39, 0.29) is 17.6 Å². The molecule has 35 heavy (non-hydrogen) atoms. The van der Waals surface area contributed by atoms with Crippen molar-refractivity contribution in [2.24, 2.45) is 5.73 Å². The first-order valence-electron chi connectivity index (χ1n) is 11.2. The number of rotatable bonds is 6. The maximum Gasteiger partial charge on any atom is 0.269 e. The highest BCUT2D eigenvalue weighted by molar-refractivity contribution is 14.1. The number of nitrogens with one attached hydrogen (secondary N) is 1. The van der Waals surface area contributed by atoms with Gasteiger partial charge in [-0.3, -0.25) is 14.5 Å². The van der Waals surface area contributed by atoms with Crippen LogP contribution in [0.1, 0.15) is 58.9 Å². The van der Waals surface area contributed by atoms with E-state index in [0.717, 1.165) is 29.4 Å². The van der Waals surface area contributed by atoms with Crippen LogP contribution in [0.2, 0.25) is 0 Å². The van der Waals surface area contributed by atoms with Crippen LogP contribution in [-0.2, 0) is 0 Å². The second kappa shape index (κ2) is 10.9. The number of nitrogen functional groups attached to an aromatic ring is 1. The molecule has 0 bridgehead atoms. The van der Waals surface area contributed by atoms with Crippen molar-refractivity contribution < 1.29 is 9.59 Å². The van der Waals surface area contributed by atoms with Gasteiger partial charge >= 0.3 is 0 Å². The number of likely N-dealkylation sites (tertiary alicyclic amines) is 1. The van der Waals surface area contributed by atoms with Gasteiger partial charge in [-0.1, -0.05) is 24.5 Å². The molecular weight excluding hydrogens is 557 g/mol. The van der Waals surface area contributed by atoms with E-state index in [2.05, 4.69) is 49.6 Å². The highest BCUT2D eigenvalue weighted by Gasteiger charge is 2.31. The number of benzene rings is 1. The molecule has 2 aromatic heterocycles. The Morgan fingerprint density at radius 1 is 1.23 bits per heavy atom. The van der Waals surface area contributed by atoms with Gasteiger partial charge in [0.15, 0.2) is 5.69 Å². The van der Waals surface area contributed by atoms with Crippen LogP contribution in [0.25, 0.3) is 11.3 Å². The summed E-state index contributed by atoms with van der Waals surface area (Å²) in [5.41, 5.74) is 7.31. The standard InChI is InChI=1S/C25H26IN7O2/c1-2-3-13-32-14-5-4-6-19(32)24-31-21(22(23(27)34)33(24)28)16-7-9-17(10-8-16)25(35)30-20-15-18(26)11-12-29-20/h7-12,15,19H,4-6,13-14,28H2,1H3,(H2,27,34)(H,29,30,35)/t19-/m0/s1. The van der Waals surface area contributed by atoms with E-state index in [4.69, 9.17) is 16.6 Å². The molecule has 3 aromatic rings. The van der Waals surface area contributed by atoms with Gasteiger partial charge in [0.2, 0.25) is 0 Å². The fourth-order valence-corrected chi connectivity index (χ4v) is 4.67. The number of primary amides is 1. The molecule has 1 atom stereocenters. The number of halogens is 1. The molecule has 9 nitrogen and oxygen atoms in total. The summed E-state index contributed by atoms with van der Waals surface area (Å²) in [4.78, 5) is 36.2. The third kappa shape index (κ3) is 5.47. The van der Waals surface area contributed by atoms with Gasteiger partial charge in [0, 0.05) is 20.9 Å². The van der Waals surface area contributed by atoms with Crippen molar-refractivity contribution in [2.75, 3.05) is 24.2 Å². The molecule has 0 saturated carbocycles. The van der Waals surface area contributed by atoms with Crippen molar-refractivity contribution >= 4 is 40.2 Å². The number of hydrogen-bond acceptors (Lipinski definition) is 6. The Bertz CT molecular complexity index is 1310. The second-order valence-corrected chi connectivity index (χ2v) is 9.45. The number of amides is 2. The number of carbonyl (C=O) groups is 2. The highest BCUT2D eigenvalue weighted by atomic mass is 127. The third-order valence-electron chi connectivity index (χ3n) is 5.93. The summed E-state index contributed by atoms with van der Waals surface area (Å²) in [6.07, 6.45) is 4.61. The first-order valence-corrected chi connectivity index (χ1v) is 12.3. The monoisotopic (exact) mass is 583 g/mol. The van der Waals surface area contributed by atoms with E-state index in [1.807, 2.05) is 13.0 Å². The van der Waals surface area contributed by atoms with E-state index in [1.54, 1.807) is 36.5 Å². The number of anilines is 1. The van der Waals surface area contributed by atoms with Gasteiger partial charge in [-0.25, -0.2) is 14.6 Å². The van der Waals surface area contributed by atoms with Gasteiger partial charge in [0.05, 0.1) is 12.6 Å². The first kappa shape index (κ1) is 24.7. The van der Waals surface area contributed by atoms with Crippen molar-refractivity contribution in [3.63, 3.8) is 0 Å². The molecule has 1 saturated heterocycles. The van der Waals surface area contributed by atoms with Crippen LogP contribution in [0.5, 0.6) is 0 Å². The fourth-order valence-electron chi connectivity index (χ4n) is 4.22. The molecule has 180 valence electrons. The molecular formula is C25H26IN7O2. The Labute approximate surface area is 217 Å². The summed E-state index contributed by atoms with van der Waals surface area (Å²) in [7, 11) is 0. The van der Waals surface area contributed by atoms with Crippen molar-refractivity contribution in [1.82, 2.24) is 19.5 Å². The number of piperidine rings is 1. The molecule has 2 amide bonds. The lowest BCUT2D eigenvalue weighted by atomic mass is 10.0. The number of nitrogens with two attached hydrogens (primary N) is 2. The summed E-state index contributed by atoms with van der Waals surface area (Å²) in [5.74, 6) is 12.5.